The number of methoxy groups -OCH3 is 2. The van der Waals surface area contributed by atoms with Crippen molar-refractivity contribution in [3.05, 3.63) is 53.1 Å². The number of hydrogen-bond donors (Lipinski definition) is 1. The van der Waals surface area contributed by atoms with E-state index in [1.165, 1.54) is 7.11 Å². The van der Waals surface area contributed by atoms with Crippen molar-refractivity contribution in [2.75, 3.05) is 24.8 Å². The van der Waals surface area contributed by atoms with E-state index >= 15 is 0 Å². The van der Waals surface area contributed by atoms with E-state index in [9.17, 15) is 13.2 Å². The summed E-state index contributed by atoms with van der Waals surface area (Å²) in [6.45, 7) is 9.59. The Balaban J connectivity index is 2.34. The number of sulfonamides is 1. The number of nitrogens with zero attached hydrogens (tertiary/aromatic N) is 1. The lowest BCUT2D eigenvalue weighted by atomic mass is 9.93. The third-order valence-electron chi connectivity index (χ3n) is 5.46. The lowest BCUT2D eigenvalue weighted by molar-refractivity contribution is -0.122. The molecule has 0 aliphatic carbocycles. The van der Waals surface area contributed by atoms with Crippen LogP contribution in [0.4, 0.5) is 5.69 Å². The van der Waals surface area contributed by atoms with Crippen molar-refractivity contribution in [2.24, 2.45) is 0 Å². The van der Waals surface area contributed by atoms with Gasteiger partial charge in [-0.1, -0.05) is 19.9 Å². The molecule has 32 heavy (non-hydrogen) atoms. The average molecular weight is 463 g/mol. The zero-order valence-corrected chi connectivity index (χ0v) is 20.9. The summed E-state index contributed by atoms with van der Waals surface area (Å²) in [5.41, 5.74) is 3.36. The van der Waals surface area contributed by atoms with Gasteiger partial charge in [0, 0.05) is 6.07 Å². The summed E-state index contributed by atoms with van der Waals surface area (Å²) in [4.78, 5) is 13.1. The summed E-state index contributed by atoms with van der Waals surface area (Å²) >= 11 is 0. The van der Waals surface area contributed by atoms with Crippen LogP contribution in [0.25, 0.3) is 0 Å². The Labute approximate surface area is 191 Å². The van der Waals surface area contributed by atoms with Crippen LogP contribution in [0.15, 0.2) is 36.4 Å². The molecular formula is C24H34N2O5S. The van der Waals surface area contributed by atoms with Gasteiger partial charge in [-0.15, -0.1) is 0 Å². The fraction of sp³-hybridized carbons (Fsp3) is 0.458. The van der Waals surface area contributed by atoms with Gasteiger partial charge in [-0.05, 0) is 67.6 Å². The average Bonchev–Trinajstić information content (AvgIpc) is 2.72. The molecule has 2 aromatic rings. The Morgan fingerprint density at radius 2 is 1.66 bits per heavy atom. The Morgan fingerprint density at radius 3 is 2.19 bits per heavy atom. The van der Waals surface area contributed by atoms with Crippen LogP contribution in [0.3, 0.4) is 0 Å². The van der Waals surface area contributed by atoms with E-state index < -0.39 is 22.0 Å². The highest BCUT2D eigenvalue weighted by Gasteiger charge is 2.30. The molecular weight excluding hydrogens is 428 g/mol. The van der Waals surface area contributed by atoms with Gasteiger partial charge in [0.25, 0.3) is 0 Å². The summed E-state index contributed by atoms with van der Waals surface area (Å²) in [7, 11) is -0.574. The number of aryl methyl sites for hydroxylation is 1. The van der Waals surface area contributed by atoms with Gasteiger partial charge >= 0.3 is 0 Å². The third-order valence-corrected chi connectivity index (χ3v) is 6.70. The highest BCUT2D eigenvalue weighted by atomic mass is 32.2. The monoisotopic (exact) mass is 462 g/mol. The molecule has 0 heterocycles. The standard InChI is InChI=1S/C24H34N2O5S/c1-15(2)21-14-22(16(3)12-23(21)31-7)17(4)25-24(27)18(5)26(32(8,28)29)19-10-9-11-20(13-19)30-6/h9-15,17-18H,1-8H3,(H,25,27)/t17-,18-/m1/s1. The van der Waals surface area contributed by atoms with Crippen molar-refractivity contribution in [3.63, 3.8) is 0 Å². The molecule has 8 heteroatoms. The summed E-state index contributed by atoms with van der Waals surface area (Å²) in [5.74, 6) is 1.17. The molecule has 2 rings (SSSR count). The van der Waals surface area contributed by atoms with Crippen LogP contribution in [0.5, 0.6) is 11.5 Å². The topological polar surface area (TPSA) is 84.9 Å². The number of carbonyl (C=O) groups excluding carboxylic acids is 1. The van der Waals surface area contributed by atoms with E-state index in [0.29, 0.717) is 11.4 Å². The lowest BCUT2D eigenvalue weighted by Crippen LogP contribution is -2.48. The number of carbonyl (C=O) groups is 1. The van der Waals surface area contributed by atoms with Gasteiger partial charge in [-0.25, -0.2) is 8.42 Å². The van der Waals surface area contributed by atoms with Gasteiger partial charge in [-0.3, -0.25) is 9.10 Å². The van der Waals surface area contributed by atoms with Crippen LogP contribution in [0, 0.1) is 6.92 Å². The molecule has 0 unspecified atom stereocenters. The highest BCUT2D eigenvalue weighted by Crippen LogP contribution is 2.32. The molecule has 0 saturated heterocycles. The quantitative estimate of drug-likeness (QED) is 0.605. The first kappa shape index (κ1) is 25.5. The molecule has 176 valence electrons. The number of rotatable bonds is 9. The Morgan fingerprint density at radius 1 is 1.00 bits per heavy atom. The SMILES string of the molecule is COc1cccc(N([C@H](C)C(=O)N[C@H](C)c2cc(C(C)C)c(OC)cc2C)S(C)(=O)=O)c1. The van der Waals surface area contributed by atoms with Crippen LogP contribution in [0.1, 0.15) is 56.3 Å². The maximum absolute atomic E-state index is 13.1. The normalized spacial score (nSPS) is 13.4. The summed E-state index contributed by atoms with van der Waals surface area (Å²) < 4.78 is 37.0. The second-order valence-electron chi connectivity index (χ2n) is 8.27. The van der Waals surface area contributed by atoms with E-state index in [4.69, 9.17) is 9.47 Å². The van der Waals surface area contributed by atoms with Crippen molar-refractivity contribution < 1.29 is 22.7 Å². The minimum Gasteiger partial charge on any atom is -0.497 e. The third kappa shape index (κ3) is 5.73. The number of amides is 1. The molecule has 0 radical (unpaired) electrons. The fourth-order valence-electron chi connectivity index (χ4n) is 3.78. The van der Waals surface area contributed by atoms with Crippen molar-refractivity contribution in [2.45, 2.75) is 52.6 Å². The summed E-state index contributed by atoms with van der Waals surface area (Å²) in [6.07, 6.45) is 1.09. The van der Waals surface area contributed by atoms with Gasteiger partial charge < -0.3 is 14.8 Å². The number of nitrogens with one attached hydrogen (secondary N) is 1. The summed E-state index contributed by atoms with van der Waals surface area (Å²) in [6, 6.07) is 9.38. The largest absolute Gasteiger partial charge is 0.497 e. The zero-order chi connectivity index (χ0) is 24.2. The molecule has 0 bridgehead atoms. The van der Waals surface area contributed by atoms with E-state index in [2.05, 4.69) is 19.2 Å². The Hall–Kier alpha value is -2.74. The molecule has 0 fully saturated rings. The number of hydrogen-bond acceptors (Lipinski definition) is 5. The molecule has 1 N–H and O–H groups in total. The molecule has 0 aromatic heterocycles. The van der Waals surface area contributed by atoms with Crippen LogP contribution < -0.4 is 19.1 Å². The van der Waals surface area contributed by atoms with Crippen molar-refractivity contribution in [1.29, 1.82) is 0 Å². The zero-order valence-electron chi connectivity index (χ0n) is 20.1. The van der Waals surface area contributed by atoms with Gasteiger partial charge in [-0.2, -0.15) is 0 Å². The maximum Gasteiger partial charge on any atom is 0.244 e. The molecule has 0 spiro atoms. The smallest absolute Gasteiger partial charge is 0.244 e. The molecule has 2 atom stereocenters. The number of anilines is 1. The molecule has 7 nitrogen and oxygen atoms in total. The molecule has 0 aliphatic rings. The van der Waals surface area contributed by atoms with E-state index in [1.807, 2.05) is 26.0 Å². The van der Waals surface area contributed by atoms with Gasteiger partial charge in [0.05, 0.1) is 32.2 Å². The van der Waals surface area contributed by atoms with Crippen LogP contribution in [0.2, 0.25) is 0 Å². The van der Waals surface area contributed by atoms with Crippen molar-refractivity contribution in [1.82, 2.24) is 5.32 Å². The molecule has 2 aromatic carbocycles. The second kappa shape index (κ2) is 10.3. The Bertz CT molecular complexity index is 1070. The first-order chi connectivity index (χ1) is 14.9. The Kier molecular flexibility index (Phi) is 8.18. The van der Waals surface area contributed by atoms with E-state index in [0.717, 1.165) is 33.0 Å². The highest BCUT2D eigenvalue weighted by molar-refractivity contribution is 7.92. The van der Waals surface area contributed by atoms with Gasteiger partial charge in [0.2, 0.25) is 15.9 Å². The van der Waals surface area contributed by atoms with Crippen LogP contribution in [-0.2, 0) is 14.8 Å². The number of benzene rings is 2. The van der Waals surface area contributed by atoms with E-state index in [1.54, 1.807) is 38.3 Å². The summed E-state index contributed by atoms with van der Waals surface area (Å²) in [5, 5.41) is 2.97. The number of ether oxygens (including phenoxy) is 2. The minimum atomic E-state index is -3.72. The van der Waals surface area contributed by atoms with Crippen molar-refractivity contribution in [3.8, 4) is 11.5 Å². The molecule has 1 amide bonds. The van der Waals surface area contributed by atoms with Crippen molar-refractivity contribution >= 4 is 21.6 Å². The maximum atomic E-state index is 13.1. The predicted octanol–water partition coefficient (Wildman–Crippen LogP) is 4.17. The van der Waals surface area contributed by atoms with Crippen LogP contribution >= 0.6 is 0 Å². The fourth-order valence-corrected chi connectivity index (χ4v) is 4.95. The molecule has 0 aliphatic heterocycles. The predicted molar refractivity (Wildman–Crippen MR) is 128 cm³/mol. The first-order valence-electron chi connectivity index (χ1n) is 10.5. The van der Waals surface area contributed by atoms with Gasteiger partial charge in [0.1, 0.15) is 17.5 Å². The molecule has 0 saturated carbocycles. The second-order valence-corrected chi connectivity index (χ2v) is 10.1. The first-order valence-corrected chi connectivity index (χ1v) is 12.4. The van der Waals surface area contributed by atoms with E-state index in [-0.39, 0.29) is 12.0 Å². The van der Waals surface area contributed by atoms with Crippen LogP contribution in [-0.4, -0.2) is 40.8 Å². The van der Waals surface area contributed by atoms with Gasteiger partial charge in [0.15, 0.2) is 0 Å². The minimum absolute atomic E-state index is 0.250. The lowest BCUT2D eigenvalue weighted by Gasteiger charge is -2.30.